The third kappa shape index (κ3) is 2.40. The highest BCUT2D eigenvalue weighted by Gasteiger charge is 2.26. The summed E-state index contributed by atoms with van der Waals surface area (Å²) < 4.78 is 0. The second-order valence-electron chi connectivity index (χ2n) is 7.15. The van der Waals surface area contributed by atoms with Crippen LogP contribution in [0.25, 0.3) is 16.5 Å². The maximum absolute atomic E-state index is 3.47. The van der Waals surface area contributed by atoms with Gasteiger partial charge in [0, 0.05) is 23.0 Å². The van der Waals surface area contributed by atoms with Gasteiger partial charge in [0.25, 0.3) is 0 Å². The number of aromatic nitrogens is 1. The van der Waals surface area contributed by atoms with Gasteiger partial charge in [-0.3, -0.25) is 0 Å². The molecule has 3 aromatic carbocycles. The number of H-pyrrole nitrogens is 1. The van der Waals surface area contributed by atoms with Crippen molar-refractivity contribution in [1.82, 2.24) is 4.98 Å². The number of rotatable bonds is 3. The van der Waals surface area contributed by atoms with Crippen LogP contribution in [0, 0.1) is 6.92 Å². The van der Waals surface area contributed by atoms with Crippen molar-refractivity contribution in [2.75, 3.05) is 0 Å². The summed E-state index contributed by atoms with van der Waals surface area (Å²) in [7, 11) is 0. The van der Waals surface area contributed by atoms with Crippen LogP contribution in [0.5, 0.6) is 0 Å². The highest BCUT2D eigenvalue weighted by Crippen LogP contribution is 2.44. The summed E-state index contributed by atoms with van der Waals surface area (Å²) in [6.07, 6.45) is 5.63. The molecule has 1 N–H and O–H groups in total. The lowest BCUT2D eigenvalue weighted by Gasteiger charge is -2.21. The van der Waals surface area contributed by atoms with Crippen molar-refractivity contribution in [1.29, 1.82) is 0 Å². The number of aromatic amines is 1. The Morgan fingerprint density at radius 3 is 2.50 bits per heavy atom. The monoisotopic (exact) mass is 335 g/mol. The summed E-state index contributed by atoms with van der Waals surface area (Å²) in [5.74, 6) is 0.246. The fourth-order valence-electron chi connectivity index (χ4n) is 4.20. The molecule has 0 amide bonds. The molecule has 0 fully saturated rings. The van der Waals surface area contributed by atoms with E-state index in [1.165, 1.54) is 44.3 Å². The minimum Gasteiger partial charge on any atom is -0.361 e. The van der Waals surface area contributed by atoms with Crippen molar-refractivity contribution >= 4 is 16.5 Å². The normalized spacial score (nSPS) is 14.3. The Bertz CT molecular complexity index is 1110. The number of para-hydroxylation sites is 1. The average molecular weight is 335 g/mol. The number of fused-ring (bicyclic) bond motifs is 2. The van der Waals surface area contributed by atoms with E-state index in [0.717, 1.165) is 6.42 Å². The second-order valence-corrected chi connectivity index (χ2v) is 7.15. The lowest BCUT2D eigenvalue weighted by molar-refractivity contribution is 1.06. The maximum Gasteiger partial charge on any atom is 0.0457 e. The lowest BCUT2D eigenvalue weighted by Crippen LogP contribution is -2.03. The van der Waals surface area contributed by atoms with E-state index in [-0.39, 0.29) is 5.92 Å². The van der Waals surface area contributed by atoms with Gasteiger partial charge in [-0.25, -0.2) is 0 Å². The highest BCUT2D eigenvalue weighted by atomic mass is 14.7. The number of allylic oxidation sites excluding steroid dienone is 2. The maximum atomic E-state index is 3.47. The van der Waals surface area contributed by atoms with Gasteiger partial charge in [0.2, 0.25) is 0 Å². The molecule has 1 atom stereocenters. The third-order valence-electron chi connectivity index (χ3n) is 5.52. The summed E-state index contributed by atoms with van der Waals surface area (Å²) in [5.41, 5.74) is 9.45. The molecule has 1 aliphatic carbocycles. The molecule has 1 nitrogen and oxygen atoms in total. The van der Waals surface area contributed by atoms with Crippen LogP contribution in [0.2, 0.25) is 0 Å². The predicted octanol–water partition coefficient (Wildman–Crippen LogP) is 6.25. The molecule has 0 radical (unpaired) electrons. The molecular weight excluding hydrogens is 314 g/mol. The van der Waals surface area contributed by atoms with Gasteiger partial charge in [-0.15, -0.1) is 0 Å². The van der Waals surface area contributed by atoms with E-state index in [0.29, 0.717) is 0 Å². The summed E-state index contributed by atoms with van der Waals surface area (Å²) in [6, 6.07) is 26.4. The lowest BCUT2D eigenvalue weighted by atomic mass is 9.82. The molecule has 5 rings (SSSR count). The summed E-state index contributed by atoms with van der Waals surface area (Å²) in [4.78, 5) is 3.47. The summed E-state index contributed by atoms with van der Waals surface area (Å²) in [6.45, 7) is 2.15. The molecule has 0 saturated heterocycles. The molecule has 0 aliphatic heterocycles. The van der Waals surface area contributed by atoms with Gasteiger partial charge in [0.1, 0.15) is 0 Å². The van der Waals surface area contributed by atoms with Gasteiger partial charge in [-0.2, -0.15) is 0 Å². The average Bonchev–Trinajstić information content (AvgIpc) is 3.29. The number of nitrogens with one attached hydrogen (secondary N) is 1. The Morgan fingerprint density at radius 1 is 0.846 bits per heavy atom. The fourth-order valence-corrected chi connectivity index (χ4v) is 4.20. The van der Waals surface area contributed by atoms with Crippen LogP contribution in [0.4, 0.5) is 0 Å². The van der Waals surface area contributed by atoms with Crippen molar-refractivity contribution in [3.63, 3.8) is 0 Å². The molecule has 1 unspecified atom stereocenters. The molecule has 1 aliphatic rings. The van der Waals surface area contributed by atoms with Gasteiger partial charge in [-0.1, -0.05) is 78.4 Å². The Morgan fingerprint density at radius 2 is 1.62 bits per heavy atom. The van der Waals surface area contributed by atoms with Crippen molar-refractivity contribution in [2.45, 2.75) is 19.3 Å². The van der Waals surface area contributed by atoms with Gasteiger partial charge >= 0.3 is 0 Å². The molecule has 0 saturated carbocycles. The number of benzene rings is 3. The first kappa shape index (κ1) is 15.2. The molecule has 126 valence electrons. The second kappa shape index (κ2) is 6.03. The molecule has 0 spiro atoms. The van der Waals surface area contributed by atoms with Crippen molar-refractivity contribution in [2.24, 2.45) is 0 Å². The van der Waals surface area contributed by atoms with Gasteiger partial charge in [0.15, 0.2) is 0 Å². The third-order valence-corrected chi connectivity index (χ3v) is 5.52. The van der Waals surface area contributed by atoms with Crippen LogP contribution in [0.3, 0.4) is 0 Å². The zero-order valence-electron chi connectivity index (χ0n) is 14.9. The van der Waals surface area contributed by atoms with Crippen molar-refractivity contribution in [3.05, 3.63) is 113 Å². The van der Waals surface area contributed by atoms with E-state index in [4.69, 9.17) is 0 Å². The number of hydrogen-bond acceptors (Lipinski definition) is 0. The van der Waals surface area contributed by atoms with Crippen LogP contribution in [-0.4, -0.2) is 4.98 Å². The van der Waals surface area contributed by atoms with E-state index >= 15 is 0 Å². The Balaban J connectivity index is 1.73. The van der Waals surface area contributed by atoms with Gasteiger partial charge in [0.05, 0.1) is 0 Å². The Hall–Kier alpha value is -3.06. The van der Waals surface area contributed by atoms with E-state index in [1.54, 1.807) is 0 Å². The van der Waals surface area contributed by atoms with Crippen LogP contribution in [0.1, 0.15) is 33.7 Å². The smallest absolute Gasteiger partial charge is 0.0457 e. The molecule has 0 bridgehead atoms. The standard InChI is InChI=1S/C25H21N/c1-17-10-12-19(13-11-17)25(22-15-14-18-6-2-3-7-20(18)22)23-16-26-24-9-5-4-8-21(23)24/h2-13,15-16,25-26H,14H2,1H3. The van der Waals surface area contributed by atoms with Crippen LogP contribution < -0.4 is 0 Å². The quantitative estimate of drug-likeness (QED) is 0.455. The first-order valence-electron chi connectivity index (χ1n) is 9.22. The van der Waals surface area contributed by atoms with Crippen molar-refractivity contribution in [3.8, 4) is 0 Å². The first-order chi connectivity index (χ1) is 12.8. The number of aryl methyl sites for hydroxylation is 1. The van der Waals surface area contributed by atoms with Crippen LogP contribution >= 0.6 is 0 Å². The van der Waals surface area contributed by atoms with E-state index < -0.39 is 0 Å². The zero-order valence-corrected chi connectivity index (χ0v) is 14.9. The Labute approximate surface area is 154 Å². The summed E-state index contributed by atoms with van der Waals surface area (Å²) >= 11 is 0. The minimum absolute atomic E-state index is 0.246. The predicted molar refractivity (Wildman–Crippen MR) is 109 cm³/mol. The van der Waals surface area contributed by atoms with Gasteiger partial charge in [-0.05, 0) is 47.2 Å². The van der Waals surface area contributed by atoms with Crippen LogP contribution in [0.15, 0.2) is 85.1 Å². The minimum atomic E-state index is 0.246. The fraction of sp³-hybridized carbons (Fsp3) is 0.120. The van der Waals surface area contributed by atoms with Gasteiger partial charge < -0.3 is 4.98 Å². The topological polar surface area (TPSA) is 15.8 Å². The van der Waals surface area contributed by atoms with E-state index in [1.807, 2.05) is 0 Å². The molecule has 1 heteroatoms. The molecule has 1 heterocycles. The molecule has 1 aromatic heterocycles. The number of hydrogen-bond donors (Lipinski definition) is 1. The highest BCUT2D eigenvalue weighted by molar-refractivity contribution is 5.89. The summed E-state index contributed by atoms with van der Waals surface area (Å²) in [5, 5.41) is 1.31. The molecule has 4 aromatic rings. The van der Waals surface area contributed by atoms with E-state index in [9.17, 15) is 0 Å². The molecule has 26 heavy (non-hydrogen) atoms. The SMILES string of the molecule is Cc1ccc(C(C2=CCc3ccccc32)c2c[nH]c3ccccc23)cc1. The first-order valence-corrected chi connectivity index (χ1v) is 9.22. The van der Waals surface area contributed by atoms with Crippen molar-refractivity contribution < 1.29 is 0 Å². The van der Waals surface area contributed by atoms with Crippen LogP contribution in [-0.2, 0) is 6.42 Å². The largest absolute Gasteiger partial charge is 0.361 e. The molecular formula is C25H21N. The van der Waals surface area contributed by atoms with E-state index in [2.05, 4.69) is 97.0 Å². The zero-order chi connectivity index (χ0) is 17.5. The Kier molecular flexibility index (Phi) is 3.53.